The van der Waals surface area contributed by atoms with E-state index in [2.05, 4.69) is 15.9 Å². The molecule has 0 radical (unpaired) electrons. The van der Waals surface area contributed by atoms with Gasteiger partial charge in [-0.05, 0) is 46.5 Å². The van der Waals surface area contributed by atoms with Gasteiger partial charge in [0.25, 0.3) is 0 Å². The highest BCUT2D eigenvalue weighted by atomic mass is 79.9. The van der Waals surface area contributed by atoms with Gasteiger partial charge in [-0.25, -0.2) is 0 Å². The maximum absolute atomic E-state index is 9.60. The predicted octanol–water partition coefficient (Wildman–Crippen LogP) is 2.61. The Kier molecular flexibility index (Phi) is 2.62. The quantitative estimate of drug-likeness (QED) is 0.575. The molecule has 0 saturated carbocycles. The second-order valence-corrected chi connectivity index (χ2v) is 3.56. The fourth-order valence-corrected chi connectivity index (χ4v) is 1.56. The summed E-state index contributed by atoms with van der Waals surface area (Å²) in [6, 6.07) is 1.81. The van der Waals surface area contributed by atoms with Crippen LogP contribution in [0, 0.1) is 6.92 Å². The minimum atomic E-state index is 0.309. The molecule has 0 amide bonds. The van der Waals surface area contributed by atoms with Gasteiger partial charge in [-0.1, -0.05) is 6.92 Å². The van der Waals surface area contributed by atoms with Crippen molar-refractivity contribution in [3.63, 3.8) is 0 Å². The van der Waals surface area contributed by atoms with Crippen molar-refractivity contribution in [1.29, 1.82) is 0 Å². The normalized spacial score (nSPS) is 10.2. The number of anilines is 1. The van der Waals surface area contributed by atoms with Gasteiger partial charge < -0.3 is 10.8 Å². The van der Waals surface area contributed by atoms with Gasteiger partial charge in [0.1, 0.15) is 5.75 Å². The van der Waals surface area contributed by atoms with E-state index in [1.807, 2.05) is 19.9 Å². The third kappa shape index (κ3) is 1.41. The molecule has 1 aromatic carbocycles. The largest absolute Gasteiger partial charge is 0.506 e. The van der Waals surface area contributed by atoms with Gasteiger partial charge in [-0.15, -0.1) is 0 Å². The fraction of sp³-hybridized carbons (Fsp3) is 0.333. The Morgan fingerprint density at radius 2 is 2.17 bits per heavy atom. The first-order chi connectivity index (χ1) is 5.57. The molecule has 0 aliphatic carbocycles. The summed E-state index contributed by atoms with van der Waals surface area (Å²) in [6.45, 7) is 3.86. The fourth-order valence-electron chi connectivity index (χ4n) is 1.08. The van der Waals surface area contributed by atoms with E-state index >= 15 is 0 Å². The average Bonchev–Trinajstić information content (AvgIpc) is 2.08. The van der Waals surface area contributed by atoms with E-state index in [-0.39, 0.29) is 0 Å². The van der Waals surface area contributed by atoms with Crippen molar-refractivity contribution in [2.45, 2.75) is 20.3 Å². The lowest BCUT2D eigenvalue weighted by molar-refractivity contribution is 0.465. The Labute approximate surface area is 80.5 Å². The minimum absolute atomic E-state index is 0.309. The second-order valence-electron chi connectivity index (χ2n) is 2.77. The number of phenolic OH excluding ortho intramolecular Hbond substituents is 1. The minimum Gasteiger partial charge on any atom is -0.506 e. The summed E-state index contributed by atoms with van der Waals surface area (Å²) in [7, 11) is 0. The highest BCUT2D eigenvalue weighted by molar-refractivity contribution is 9.10. The van der Waals surface area contributed by atoms with Crippen molar-refractivity contribution in [1.82, 2.24) is 0 Å². The molecule has 1 aromatic rings. The molecule has 0 atom stereocenters. The number of hydrogen-bond donors (Lipinski definition) is 2. The zero-order valence-corrected chi connectivity index (χ0v) is 8.77. The van der Waals surface area contributed by atoms with Crippen molar-refractivity contribution in [2.75, 3.05) is 5.73 Å². The van der Waals surface area contributed by atoms with Crippen LogP contribution in [0.4, 0.5) is 5.69 Å². The van der Waals surface area contributed by atoms with Crippen molar-refractivity contribution >= 4 is 21.6 Å². The molecule has 2 nitrogen and oxygen atoms in total. The van der Waals surface area contributed by atoms with Gasteiger partial charge >= 0.3 is 0 Å². The van der Waals surface area contributed by atoms with Crippen molar-refractivity contribution in [3.05, 3.63) is 21.7 Å². The molecule has 0 spiro atoms. The van der Waals surface area contributed by atoms with Crippen LogP contribution in [0.2, 0.25) is 0 Å². The van der Waals surface area contributed by atoms with Crippen molar-refractivity contribution in [2.24, 2.45) is 0 Å². The lowest BCUT2D eigenvalue weighted by atomic mass is 10.1. The molecule has 0 unspecified atom stereocenters. The molecular formula is C9H12BrNO. The van der Waals surface area contributed by atoms with Crippen LogP contribution in [0.3, 0.4) is 0 Å². The first kappa shape index (κ1) is 9.39. The molecule has 0 bridgehead atoms. The molecule has 0 saturated heterocycles. The van der Waals surface area contributed by atoms with Gasteiger partial charge in [0.05, 0.1) is 4.47 Å². The summed E-state index contributed by atoms with van der Waals surface area (Å²) >= 11 is 3.29. The van der Waals surface area contributed by atoms with Crippen molar-refractivity contribution < 1.29 is 5.11 Å². The predicted molar refractivity (Wildman–Crippen MR) is 54.3 cm³/mol. The third-order valence-corrected chi connectivity index (χ3v) is 2.96. The summed E-state index contributed by atoms with van der Waals surface area (Å²) in [5.74, 6) is 0.309. The summed E-state index contributed by atoms with van der Waals surface area (Å²) in [4.78, 5) is 0. The Morgan fingerprint density at radius 3 is 2.67 bits per heavy atom. The van der Waals surface area contributed by atoms with Crippen molar-refractivity contribution in [3.8, 4) is 5.75 Å². The number of benzene rings is 1. The van der Waals surface area contributed by atoms with Gasteiger partial charge in [0.2, 0.25) is 0 Å². The van der Waals surface area contributed by atoms with Crippen LogP contribution in [0.25, 0.3) is 0 Å². The maximum Gasteiger partial charge on any atom is 0.133 e. The second kappa shape index (κ2) is 3.35. The van der Waals surface area contributed by atoms with Crippen LogP contribution in [0.15, 0.2) is 10.5 Å². The molecule has 0 aliphatic heterocycles. The van der Waals surface area contributed by atoms with E-state index in [1.165, 1.54) is 0 Å². The highest BCUT2D eigenvalue weighted by Crippen LogP contribution is 2.34. The monoisotopic (exact) mass is 229 g/mol. The number of nitrogen functional groups attached to an aromatic ring is 1. The van der Waals surface area contributed by atoms with E-state index in [4.69, 9.17) is 5.73 Å². The molecule has 3 heteroatoms. The summed E-state index contributed by atoms with van der Waals surface area (Å²) < 4.78 is 0.708. The Morgan fingerprint density at radius 1 is 1.58 bits per heavy atom. The molecule has 0 aromatic heterocycles. The number of halogens is 1. The Bertz CT molecular complexity index is 310. The first-order valence-corrected chi connectivity index (χ1v) is 4.63. The van der Waals surface area contributed by atoms with Gasteiger partial charge in [0.15, 0.2) is 0 Å². The zero-order valence-electron chi connectivity index (χ0n) is 7.19. The van der Waals surface area contributed by atoms with Gasteiger partial charge in [0, 0.05) is 5.69 Å². The molecular weight excluding hydrogens is 218 g/mol. The molecule has 66 valence electrons. The van der Waals surface area contributed by atoms with E-state index < -0.39 is 0 Å². The highest BCUT2D eigenvalue weighted by Gasteiger charge is 2.09. The standard InChI is InChI=1S/C9H12BrNO/c1-3-6-4-7(11)5(2)8(10)9(6)12/h4,12H,3,11H2,1-2H3. The summed E-state index contributed by atoms with van der Waals surface area (Å²) in [5, 5.41) is 9.60. The number of aromatic hydroxyl groups is 1. The van der Waals surface area contributed by atoms with Crippen LogP contribution in [-0.2, 0) is 6.42 Å². The van der Waals surface area contributed by atoms with E-state index in [0.29, 0.717) is 10.2 Å². The molecule has 3 N–H and O–H groups in total. The molecule has 0 heterocycles. The number of rotatable bonds is 1. The van der Waals surface area contributed by atoms with Gasteiger partial charge in [-0.2, -0.15) is 0 Å². The molecule has 1 rings (SSSR count). The maximum atomic E-state index is 9.60. The van der Waals surface area contributed by atoms with Crippen LogP contribution in [-0.4, -0.2) is 5.11 Å². The van der Waals surface area contributed by atoms with E-state index in [1.54, 1.807) is 0 Å². The smallest absolute Gasteiger partial charge is 0.133 e. The van der Waals surface area contributed by atoms with Crippen LogP contribution in [0.1, 0.15) is 18.1 Å². The lowest BCUT2D eigenvalue weighted by Gasteiger charge is -2.09. The molecule has 0 aliphatic rings. The Hall–Kier alpha value is -0.700. The molecule has 0 fully saturated rings. The van der Waals surface area contributed by atoms with Crippen LogP contribution >= 0.6 is 15.9 Å². The van der Waals surface area contributed by atoms with E-state index in [9.17, 15) is 5.11 Å². The van der Waals surface area contributed by atoms with Gasteiger partial charge in [-0.3, -0.25) is 0 Å². The number of phenols is 1. The van der Waals surface area contributed by atoms with E-state index in [0.717, 1.165) is 23.2 Å². The average molecular weight is 230 g/mol. The number of nitrogens with two attached hydrogens (primary N) is 1. The summed E-state index contributed by atoms with van der Waals surface area (Å²) in [5.41, 5.74) is 8.22. The SMILES string of the molecule is CCc1cc(N)c(C)c(Br)c1O. The molecule has 12 heavy (non-hydrogen) atoms. The number of aryl methyl sites for hydroxylation is 1. The third-order valence-electron chi connectivity index (χ3n) is 1.98. The first-order valence-electron chi connectivity index (χ1n) is 3.84. The zero-order chi connectivity index (χ0) is 9.30. The Balaban J connectivity index is 3.39. The van der Waals surface area contributed by atoms with Crippen LogP contribution in [0.5, 0.6) is 5.75 Å². The topological polar surface area (TPSA) is 46.2 Å². The summed E-state index contributed by atoms with van der Waals surface area (Å²) in [6.07, 6.45) is 0.787. The number of hydrogen-bond acceptors (Lipinski definition) is 2. The lowest BCUT2D eigenvalue weighted by Crippen LogP contribution is -1.94. The van der Waals surface area contributed by atoms with Crippen LogP contribution < -0.4 is 5.73 Å².